The minimum Gasteiger partial charge on any atom is -0.379 e. The SMILES string of the molecule is CCNc1cnc(COCCC(C)(C)OC)cn1. The predicted molar refractivity (Wildman–Crippen MR) is 71.6 cm³/mol. The van der Waals surface area contributed by atoms with Gasteiger partial charge in [0, 0.05) is 20.3 Å². The van der Waals surface area contributed by atoms with Crippen LogP contribution in [0.2, 0.25) is 0 Å². The van der Waals surface area contributed by atoms with Crippen LogP contribution < -0.4 is 5.32 Å². The Labute approximate surface area is 109 Å². The minimum atomic E-state index is -0.138. The number of methoxy groups -OCH3 is 1. The van der Waals surface area contributed by atoms with Crippen molar-refractivity contribution >= 4 is 5.82 Å². The van der Waals surface area contributed by atoms with Gasteiger partial charge in [0.2, 0.25) is 0 Å². The van der Waals surface area contributed by atoms with Gasteiger partial charge in [0.15, 0.2) is 0 Å². The molecular weight excluding hydrogens is 230 g/mol. The highest BCUT2D eigenvalue weighted by Gasteiger charge is 2.15. The van der Waals surface area contributed by atoms with Gasteiger partial charge in [-0.3, -0.25) is 4.98 Å². The highest BCUT2D eigenvalue weighted by Crippen LogP contribution is 2.13. The van der Waals surface area contributed by atoms with Gasteiger partial charge in [-0.05, 0) is 27.2 Å². The van der Waals surface area contributed by atoms with Gasteiger partial charge in [0.25, 0.3) is 0 Å². The fraction of sp³-hybridized carbons (Fsp3) is 0.692. The first-order valence-corrected chi connectivity index (χ1v) is 6.25. The van der Waals surface area contributed by atoms with E-state index in [0.717, 1.165) is 24.5 Å². The van der Waals surface area contributed by atoms with Crippen molar-refractivity contribution in [1.29, 1.82) is 0 Å². The van der Waals surface area contributed by atoms with E-state index in [0.29, 0.717) is 13.2 Å². The number of aromatic nitrogens is 2. The fourth-order valence-corrected chi connectivity index (χ4v) is 1.30. The summed E-state index contributed by atoms with van der Waals surface area (Å²) in [5.41, 5.74) is 0.701. The third-order valence-corrected chi connectivity index (χ3v) is 2.71. The van der Waals surface area contributed by atoms with Crippen LogP contribution in [0.15, 0.2) is 12.4 Å². The van der Waals surface area contributed by atoms with Crippen molar-refractivity contribution in [3.63, 3.8) is 0 Å². The van der Waals surface area contributed by atoms with Gasteiger partial charge in [-0.2, -0.15) is 0 Å². The van der Waals surface area contributed by atoms with E-state index in [2.05, 4.69) is 15.3 Å². The van der Waals surface area contributed by atoms with Gasteiger partial charge in [-0.1, -0.05) is 0 Å². The standard InChI is InChI=1S/C13H23N3O2/c1-5-14-12-9-15-11(8-16-12)10-18-7-6-13(2,3)17-4/h8-9H,5-7,10H2,1-4H3,(H,14,16). The van der Waals surface area contributed by atoms with E-state index in [9.17, 15) is 0 Å². The Balaban J connectivity index is 2.27. The summed E-state index contributed by atoms with van der Waals surface area (Å²) in [6.45, 7) is 8.09. The average Bonchev–Trinajstić information content (AvgIpc) is 2.37. The molecule has 0 spiro atoms. The summed E-state index contributed by atoms with van der Waals surface area (Å²) in [6.07, 6.45) is 4.31. The summed E-state index contributed by atoms with van der Waals surface area (Å²) in [7, 11) is 1.71. The molecule has 0 radical (unpaired) electrons. The minimum absolute atomic E-state index is 0.138. The Kier molecular flexibility index (Phi) is 6.01. The maximum Gasteiger partial charge on any atom is 0.144 e. The van der Waals surface area contributed by atoms with Crippen LogP contribution in [0.4, 0.5) is 5.82 Å². The molecule has 1 N–H and O–H groups in total. The fourth-order valence-electron chi connectivity index (χ4n) is 1.30. The Morgan fingerprint density at radius 2 is 2.06 bits per heavy atom. The lowest BCUT2D eigenvalue weighted by molar-refractivity contribution is -0.0128. The van der Waals surface area contributed by atoms with Crippen LogP contribution in [0.1, 0.15) is 32.9 Å². The maximum absolute atomic E-state index is 5.55. The molecule has 1 aromatic heterocycles. The Morgan fingerprint density at radius 3 is 2.61 bits per heavy atom. The molecule has 1 aromatic rings. The van der Waals surface area contributed by atoms with E-state index in [1.165, 1.54) is 0 Å². The smallest absolute Gasteiger partial charge is 0.144 e. The number of anilines is 1. The van der Waals surface area contributed by atoms with Crippen molar-refractivity contribution in [2.24, 2.45) is 0 Å². The lowest BCUT2D eigenvalue weighted by atomic mass is 10.1. The van der Waals surface area contributed by atoms with Crippen molar-refractivity contribution in [2.45, 2.75) is 39.4 Å². The highest BCUT2D eigenvalue weighted by molar-refractivity contribution is 5.30. The molecule has 18 heavy (non-hydrogen) atoms. The summed E-state index contributed by atoms with van der Waals surface area (Å²) < 4.78 is 10.9. The molecule has 0 saturated heterocycles. The van der Waals surface area contributed by atoms with Crippen LogP contribution >= 0.6 is 0 Å². The van der Waals surface area contributed by atoms with Crippen molar-refractivity contribution in [2.75, 3.05) is 25.6 Å². The number of hydrogen-bond donors (Lipinski definition) is 1. The lowest BCUT2D eigenvalue weighted by Gasteiger charge is -2.22. The van der Waals surface area contributed by atoms with E-state index in [1.807, 2.05) is 20.8 Å². The molecule has 0 atom stereocenters. The normalized spacial score (nSPS) is 11.6. The molecule has 5 heteroatoms. The van der Waals surface area contributed by atoms with Crippen LogP contribution in [-0.4, -0.2) is 35.8 Å². The molecule has 0 aliphatic rings. The van der Waals surface area contributed by atoms with E-state index in [-0.39, 0.29) is 5.60 Å². The third-order valence-electron chi connectivity index (χ3n) is 2.71. The van der Waals surface area contributed by atoms with Gasteiger partial charge in [0.05, 0.1) is 30.3 Å². The van der Waals surface area contributed by atoms with E-state index in [1.54, 1.807) is 19.5 Å². The molecule has 0 unspecified atom stereocenters. The molecule has 0 bridgehead atoms. The number of nitrogens with one attached hydrogen (secondary N) is 1. The van der Waals surface area contributed by atoms with E-state index < -0.39 is 0 Å². The molecule has 0 aliphatic carbocycles. The molecular formula is C13H23N3O2. The molecule has 0 fully saturated rings. The summed E-state index contributed by atoms with van der Waals surface area (Å²) in [5, 5.41) is 3.10. The van der Waals surface area contributed by atoms with Crippen LogP contribution in [0, 0.1) is 0 Å². The zero-order chi connectivity index (χ0) is 13.4. The third kappa shape index (κ3) is 5.42. The lowest BCUT2D eigenvalue weighted by Crippen LogP contribution is -2.24. The second-order valence-corrected chi connectivity index (χ2v) is 4.69. The topological polar surface area (TPSA) is 56.3 Å². The summed E-state index contributed by atoms with van der Waals surface area (Å²) >= 11 is 0. The highest BCUT2D eigenvalue weighted by atomic mass is 16.5. The van der Waals surface area contributed by atoms with E-state index >= 15 is 0 Å². The van der Waals surface area contributed by atoms with E-state index in [4.69, 9.17) is 9.47 Å². The summed E-state index contributed by atoms with van der Waals surface area (Å²) in [6, 6.07) is 0. The van der Waals surface area contributed by atoms with Crippen molar-refractivity contribution in [1.82, 2.24) is 9.97 Å². The van der Waals surface area contributed by atoms with Gasteiger partial charge in [-0.15, -0.1) is 0 Å². The van der Waals surface area contributed by atoms with Crippen LogP contribution in [0.3, 0.4) is 0 Å². The Hall–Kier alpha value is -1.20. The molecule has 5 nitrogen and oxygen atoms in total. The second kappa shape index (κ2) is 7.28. The zero-order valence-electron chi connectivity index (χ0n) is 11.7. The molecule has 0 aromatic carbocycles. The number of nitrogens with zero attached hydrogens (tertiary/aromatic N) is 2. The number of rotatable bonds is 8. The maximum atomic E-state index is 5.55. The van der Waals surface area contributed by atoms with Crippen LogP contribution in [-0.2, 0) is 16.1 Å². The molecule has 0 aliphatic heterocycles. The predicted octanol–water partition coefficient (Wildman–Crippen LogP) is 2.24. The van der Waals surface area contributed by atoms with Crippen molar-refractivity contribution < 1.29 is 9.47 Å². The quantitative estimate of drug-likeness (QED) is 0.720. The van der Waals surface area contributed by atoms with Crippen molar-refractivity contribution in [3.8, 4) is 0 Å². The summed E-state index contributed by atoms with van der Waals surface area (Å²) in [4.78, 5) is 8.50. The van der Waals surface area contributed by atoms with Gasteiger partial charge < -0.3 is 14.8 Å². The first kappa shape index (κ1) is 14.9. The number of ether oxygens (including phenoxy) is 2. The first-order valence-electron chi connectivity index (χ1n) is 6.25. The largest absolute Gasteiger partial charge is 0.379 e. The van der Waals surface area contributed by atoms with Gasteiger partial charge in [0.1, 0.15) is 5.82 Å². The molecule has 0 amide bonds. The molecule has 1 heterocycles. The van der Waals surface area contributed by atoms with Crippen molar-refractivity contribution in [3.05, 3.63) is 18.1 Å². The number of hydrogen-bond acceptors (Lipinski definition) is 5. The van der Waals surface area contributed by atoms with Gasteiger partial charge >= 0.3 is 0 Å². The average molecular weight is 253 g/mol. The molecule has 0 saturated carbocycles. The second-order valence-electron chi connectivity index (χ2n) is 4.69. The zero-order valence-corrected chi connectivity index (χ0v) is 11.7. The first-order chi connectivity index (χ1) is 8.57. The summed E-state index contributed by atoms with van der Waals surface area (Å²) in [5.74, 6) is 0.793. The molecule has 102 valence electrons. The van der Waals surface area contributed by atoms with Crippen LogP contribution in [0.25, 0.3) is 0 Å². The van der Waals surface area contributed by atoms with Crippen LogP contribution in [0.5, 0.6) is 0 Å². The van der Waals surface area contributed by atoms with Gasteiger partial charge in [-0.25, -0.2) is 4.98 Å². The Bertz CT molecular complexity index is 339. The molecule has 1 rings (SSSR count). The monoisotopic (exact) mass is 253 g/mol. The Morgan fingerprint density at radius 1 is 1.28 bits per heavy atom.